The van der Waals surface area contributed by atoms with E-state index in [-0.39, 0.29) is 11.2 Å². The maximum atomic E-state index is 12.5. The molecule has 0 N–H and O–H groups in total. The van der Waals surface area contributed by atoms with Gasteiger partial charge in [-0.3, -0.25) is 4.79 Å². The SMILES string of the molecule is CC1(C)Cc2cc(C(=O)CCCl)c3c(c2C1)CC(C)(C)C3. The number of ketones is 1. The van der Waals surface area contributed by atoms with Gasteiger partial charge in [-0.1, -0.05) is 27.7 Å². The summed E-state index contributed by atoms with van der Waals surface area (Å²) in [7, 11) is 0. The van der Waals surface area contributed by atoms with Crippen molar-refractivity contribution in [1.82, 2.24) is 0 Å². The molecule has 0 heterocycles. The van der Waals surface area contributed by atoms with Crippen molar-refractivity contribution in [3.63, 3.8) is 0 Å². The number of Topliss-reactive ketones (excluding diaryl/α,β-unsaturated/α-hetero) is 1. The lowest BCUT2D eigenvalue weighted by atomic mass is 9.88. The van der Waals surface area contributed by atoms with Crippen LogP contribution in [0, 0.1) is 10.8 Å². The molecule has 0 fully saturated rings. The molecule has 1 nitrogen and oxygen atoms in total. The summed E-state index contributed by atoms with van der Waals surface area (Å²) in [5, 5.41) is 0. The van der Waals surface area contributed by atoms with Gasteiger partial charge in [0.05, 0.1) is 0 Å². The molecule has 0 aromatic heterocycles. The molecule has 0 saturated heterocycles. The number of benzene rings is 1. The number of carbonyl (C=O) groups excluding carboxylic acids is 1. The molecule has 0 aliphatic heterocycles. The summed E-state index contributed by atoms with van der Waals surface area (Å²) < 4.78 is 0. The van der Waals surface area contributed by atoms with Crippen LogP contribution in [-0.4, -0.2) is 11.7 Å². The van der Waals surface area contributed by atoms with E-state index in [1.54, 1.807) is 5.56 Å². The highest BCUT2D eigenvalue weighted by atomic mass is 35.5. The van der Waals surface area contributed by atoms with Crippen LogP contribution in [0.3, 0.4) is 0 Å². The van der Waals surface area contributed by atoms with Crippen LogP contribution in [0.4, 0.5) is 0 Å². The maximum absolute atomic E-state index is 12.5. The summed E-state index contributed by atoms with van der Waals surface area (Å²) in [5.74, 6) is 0.644. The Morgan fingerprint density at radius 3 is 2.24 bits per heavy atom. The Morgan fingerprint density at radius 1 is 1.00 bits per heavy atom. The van der Waals surface area contributed by atoms with Gasteiger partial charge in [-0.15, -0.1) is 11.6 Å². The summed E-state index contributed by atoms with van der Waals surface area (Å²) in [6, 6.07) is 2.19. The molecule has 0 radical (unpaired) electrons. The van der Waals surface area contributed by atoms with Gasteiger partial charge >= 0.3 is 0 Å². The number of hydrogen-bond donors (Lipinski definition) is 0. The van der Waals surface area contributed by atoms with Gasteiger partial charge in [0.1, 0.15) is 0 Å². The second-order valence-corrected chi connectivity index (χ2v) is 8.79. The van der Waals surface area contributed by atoms with Crippen molar-refractivity contribution in [1.29, 1.82) is 0 Å². The van der Waals surface area contributed by atoms with Gasteiger partial charge in [0.2, 0.25) is 0 Å². The van der Waals surface area contributed by atoms with Crippen molar-refractivity contribution in [2.24, 2.45) is 10.8 Å². The minimum absolute atomic E-state index is 0.228. The Kier molecular flexibility index (Phi) is 3.48. The highest BCUT2D eigenvalue weighted by molar-refractivity contribution is 6.19. The third-order valence-electron chi connectivity index (χ3n) is 5.02. The largest absolute Gasteiger partial charge is 0.294 e. The Morgan fingerprint density at radius 2 is 1.57 bits per heavy atom. The van der Waals surface area contributed by atoms with Crippen LogP contribution in [0.2, 0.25) is 0 Å². The number of halogens is 1. The predicted octanol–water partition coefficient (Wildman–Crippen LogP) is 4.75. The first kappa shape index (κ1) is 15.1. The molecule has 1 aromatic carbocycles. The van der Waals surface area contributed by atoms with Crippen molar-refractivity contribution in [2.75, 3.05) is 5.88 Å². The van der Waals surface area contributed by atoms with E-state index in [0.717, 1.165) is 31.2 Å². The van der Waals surface area contributed by atoms with Crippen LogP contribution in [0.25, 0.3) is 0 Å². The van der Waals surface area contributed by atoms with E-state index in [9.17, 15) is 4.79 Å². The molecule has 0 amide bonds. The van der Waals surface area contributed by atoms with Gasteiger partial charge in [0, 0.05) is 17.9 Å². The predicted molar refractivity (Wildman–Crippen MR) is 88.5 cm³/mol. The van der Waals surface area contributed by atoms with E-state index in [0.29, 0.717) is 17.7 Å². The summed E-state index contributed by atoms with van der Waals surface area (Å²) >= 11 is 5.80. The Hall–Kier alpha value is -0.820. The zero-order chi connectivity index (χ0) is 15.4. The summed E-state index contributed by atoms with van der Waals surface area (Å²) in [6.07, 6.45) is 4.85. The summed E-state index contributed by atoms with van der Waals surface area (Å²) in [6.45, 7) is 9.30. The fraction of sp³-hybridized carbons (Fsp3) is 0.632. The number of carbonyl (C=O) groups is 1. The average molecular weight is 305 g/mol. The Balaban J connectivity index is 2.14. The van der Waals surface area contributed by atoms with Gasteiger partial charge in [-0.2, -0.15) is 0 Å². The highest BCUT2D eigenvalue weighted by Gasteiger charge is 2.38. The van der Waals surface area contributed by atoms with E-state index in [1.807, 2.05) is 0 Å². The third-order valence-corrected chi connectivity index (χ3v) is 5.21. The molecule has 21 heavy (non-hydrogen) atoms. The van der Waals surface area contributed by atoms with Crippen molar-refractivity contribution in [2.45, 2.75) is 59.8 Å². The Labute approximate surface area is 133 Å². The van der Waals surface area contributed by atoms with Gasteiger partial charge in [-0.25, -0.2) is 0 Å². The van der Waals surface area contributed by atoms with Crippen molar-refractivity contribution < 1.29 is 4.79 Å². The second kappa shape index (κ2) is 4.84. The third kappa shape index (κ3) is 2.65. The minimum atomic E-state index is 0.228. The average Bonchev–Trinajstić information content (AvgIpc) is 2.82. The monoisotopic (exact) mass is 304 g/mol. The molecule has 114 valence electrons. The molecule has 2 aliphatic rings. The second-order valence-electron chi connectivity index (χ2n) is 8.42. The van der Waals surface area contributed by atoms with E-state index in [4.69, 9.17) is 11.6 Å². The highest BCUT2D eigenvalue weighted by Crippen LogP contribution is 2.46. The van der Waals surface area contributed by atoms with Crippen molar-refractivity contribution >= 4 is 17.4 Å². The lowest BCUT2D eigenvalue weighted by Crippen LogP contribution is -2.12. The number of fused-ring (bicyclic) bond motifs is 3. The smallest absolute Gasteiger partial charge is 0.164 e. The van der Waals surface area contributed by atoms with Crippen molar-refractivity contribution in [3.05, 3.63) is 33.9 Å². The standard InChI is InChI=1S/C19H25ClO/c1-18(2)8-12-7-13(17(21)5-6-20)15-10-19(3,4)11-16(15)14(12)9-18/h7H,5-6,8-11H2,1-4H3. The van der Waals surface area contributed by atoms with Crippen LogP contribution in [0.1, 0.15) is 66.7 Å². The summed E-state index contributed by atoms with van der Waals surface area (Å²) in [5.41, 5.74) is 7.34. The normalized spacial score (nSPS) is 21.2. The lowest BCUT2D eigenvalue weighted by Gasteiger charge is -2.17. The van der Waals surface area contributed by atoms with Gasteiger partial charge in [0.25, 0.3) is 0 Å². The molecule has 3 rings (SSSR count). The van der Waals surface area contributed by atoms with Crippen LogP contribution >= 0.6 is 11.6 Å². The molecular weight excluding hydrogens is 280 g/mol. The topological polar surface area (TPSA) is 17.1 Å². The van der Waals surface area contributed by atoms with Crippen LogP contribution < -0.4 is 0 Å². The number of rotatable bonds is 3. The number of hydrogen-bond acceptors (Lipinski definition) is 1. The molecule has 2 heteroatoms. The lowest BCUT2D eigenvalue weighted by molar-refractivity contribution is 0.0988. The summed E-state index contributed by atoms with van der Waals surface area (Å²) in [4.78, 5) is 12.5. The van der Waals surface area contributed by atoms with Crippen molar-refractivity contribution in [3.8, 4) is 0 Å². The molecule has 0 atom stereocenters. The Bertz CT molecular complexity index is 610. The fourth-order valence-corrected chi connectivity index (χ4v) is 4.40. The van der Waals surface area contributed by atoms with Crippen LogP contribution in [0.5, 0.6) is 0 Å². The van der Waals surface area contributed by atoms with E-state index in [1.165, 1.54) is 16.7 Å². The van der Waals surface area contributed by atoms with Crippen LogP contribution in [0.15, 0.2) is 6.07 Å². The quantitative estimate of drug-likeness (QED) is 0.582. The molecule has 1 aromatic rings. The first-order valence-corrected chi connectivity index (χ1v) is 8.52. The minimum Gasteiger partial charge on any atom is -0.294 e. The zero-order valence-electron chi connectivity index (χ0n) is 13.6. The van der Waals surface area contributed by atoms with Gasteiger partial charge in [0.15, 0.2) is 5.78 Å². The van der Waals surface area contributed by atoms with E-state index < -0.39 is 0 Å². The molecule has 0 spiro atoms. The molecule has 0 saturated carbocycles. The molecule has 0 unspecified atom stereocenters. The maximum Gasteiger partial charge on any atom is 0.164 e. The number of alkyl halides is 1. The molecule has 2 aliphatic carbocycles. The first-order valence-electron chi connectivity index (χ1n) is 7.98. The van der Waals surface area contributed by atoms with Crippen LogP contribution in [-0.2, 0) is 25.7 Å². The molecule has 0 bridgehead atoms. The zero-order valence-corrected chi connectivity index (χ0v) is 14.4. The molecular formula is C19H25ClO. The van der Waals surface area contributed by atoms with E-state index >= 15 is 0 Å². The van der Waals surface area contributed by atoms with E-state index in [2.05, 4.69) is 33.8 Å². The van der Waals surface area contributed by atoms with Gasteiger partial charge in [-0.05, 0) is 64.8 Å². The van der Waals surface area contributed by atoms with Gasteiger partial charge < -0.3 is 0 Å². The fourth-order valence-electron chi connectivity index (χ4n) is 4.23. The first-order chi connectivity index (χ1) is 9.72.